The smallest absolute Gasteiger partial charge is 0.416 e. The molecular formula is C34H33ClF3N9O5. The summed E-state index contributed by atoms with van der Waals surface area (Å²) in [7, 11) is 0. The van der Waals surface area contributed by atoms with Gasteiger partial charge in [0.15, 0.2) is 11.6 Å². The van der Waals surface area contributed by atoms with Crippen LogP contribution < -0.4 is 15.8 Å². The Hall–Kier alpha value is -5.42. The van der Waals surface area contributed by atoms with Crippen molar-refractivity contribution in [2.45, 2.75) is 39.4 Å². The number of anilines is 2. The first-order valence-corrected chi connectivity index (χ1v) is 16.9. The number of aromatic nitrogens is 6. The molecule has 0 spiro atoms. The summed E-state index contributed by atoms with van der Waals surface area (Å²) in [5.41, 5.74) is 1.34. The zero-order valence-electron chi connectivity index (χ0n) is 28.1. The molecule has 0 saturated carbocycles. The van der Waals surface area contributed by atoms with Gasteiger partial charge in [-0.05, 0) is 55.7 Å². The molecular weight excluding hydrogens is 707 g/mol. The zero-order valence-corrected chi connectivity index (χ0v) is 28.8. The van der Waals surface area contributed by atoms with Crippen molar-refractivity contribution in [3.05, 3.63) is 86.3 Å². The third kappa shape index (κ3) is 6.45. The SMILES string of the molecule is CCc1c(N2CCN(C(=O)c3ccn4nc(C)cc4c3O)CC2)c(=O)n2nc(C3=CCOCC3)nc2n1CC(=O)Nc1ccc(C(F)(F)F)cc1Cl. The normalized spacial score (nSPS) is 15.4. The minimum atomic E-state index is -4.61. The summed E-state index contributed by atoms with van der Waals surface area (Å²) in [5.74, 6) is -0.749. The van der Waals surface area contributed by atoms with Gasteiger partial charge >= 0.3 is 6.18 Å². The van der Waals surface area contributed by atoms with E-state index in [9.17, 15) is 32.7 Å². The Morgan fingerprint density at radius 3 is 2.54 bits per heavy atom. The second-order valence-electron chi connectivity index (χ2n) is 12.5. The number of ether oxygens (including phenoxy) is 1. The number of nitrogens with one attached hydrogen (secondary N) is 1. The number of piperazine rings is 1. The highest BCUT2D eigenvalue weighted by molar-refractivity contribution is 6.33. The number of aromatic hydroxyl groups is 1. The number of nitrogens with zero attached hydrogens (tertiary/aromatic N) is 8. The molecule has 0 radical (unpaired) electrons. The minimum absolute atomic E-state index is 0.0149. The Bertz CT molecular complexity index is 2320. The summed E-state index contributed by atoms with van der Waals surface area (Å²) < 4.78 is 49.3. The van der Waals surface area contributed by atoms with Crippen LogP contribution in [0.15, 0.2) is 47.4 Å². The van der Waals surface area contributed by atoms with Crippen LogP contribution in [0.2, 0.25) is 5.02 Å². The van der Waals surface area contributed by atoms with Gasteiger partial charge in [-0.1, -0.05) is 24.6 Å². The van der Waals surface area contributed by atoms with Crippen LogP contribution in [-0.4, -0.2) is 90.0 Å². The number of fused-ring (bicyclic) bond motifs is 2. The van der Waals surface area contributed by atoms with E-state index in [0.29, 0.717) is 48.8 Å². The van der Waals surface area contributed by atoms with Crippen LogP contribution in [0, 0.1) is 6.92 Å². The molecule has 2 aliphatic rings. The van der Waals surface area contributed by atoms with E-state index in [4.69, 9.17) is 16.3 Å². The maximum atomic E-state index is 14.2. The molecule has 4 aromatic heterocycles. The fourth-order valence-corrected chi connectivity index (χ4v) is 6.79. The highest BCUT2D eigenvalue weighted by Gasteiger charge is 2.32. The molecule has 1 fully saturated rings. The average molecular weight is 740 g/mol. The standard InChI is InChI=1S/C34H33ClF3N9O5/c1-3-25-28(43-10-12-44(13-11-43)31(50)22-6-9-46-26(29(22)49)16-19(2)41-46)32(51)47-33(40-30(42-47)20-7-14-52-15-8-20)45(25)18-27(48)39-24-5-4-21(17-23(24)35)34(36,37)38/h4-7,9,16-17,49H,3,8,10-15,18H2,1-2H3,(H,39,48). The van der Waals surface area contributed by atoms with Crippen LogP contribution in [0.25, 0.3) is 16.9 Å². The summed E-state index contributed by atoms with van der Waals surface area (Å²) in [4.78, 5) is 49.4. The number of pyridine rings is 1. The molecule has 7 rings (SSSR count). The molecule has 1 aromatic carbocycles. The molecule has 0 atom stereocenters. The molecule has 272 valence electrons. The molecule has 2 N–H and O–H groups in total. The summed E-state index contributed by atoms with van der Waals surface area (Å²) >= 11 is 6.12. The molecule has 0 unspecified atom stereocenters. The van der Waals surface area contributed by atoms with Crippen LogP contribution in [-0.2, 0) is 28.7 Å². The van der Waals surface area contributed by atoms with E-state index in [1.54, 1.807) is 28.7 Å². The first kappa shape index (κ1) is 35.0. The summed E-state index contributed by atoms with van der Waals surface area (Å²) in [6.07, 6.45) is -0.355. The van der Waals surface area contributed by atoms with E-state index in [1.165, 1.54) is 10.6 Å². The molecule has 2 amide bonds. The lowest BCUT2D eigenvalue weighted by Crippen LogP contribution is -2.51. The van der Waals surface area contributed by atoms with Gasteiger partial charge in [0.1, 0.15) is 17.7 Å². The highest BCUT2D eigenvalue weighted by Crippen LogP contribution is 2.34. The van der Waals surface area contributed by atoms with Crippen molar-refractivity contribution in [2.24, 2.45) is 0 Å². The van der Waals surface area contributed by atoms with Crippen molar-refractivity contribution >= 4 is 51.7 Å². The highest BCUT2D eigenvalue weighted by atomic mass is 35.5. The number of aryl methyl sites for hydroxylation is 1. The molecule has 0 aliphatic carbocycles. The first-order chi connectivity index (χ1) is 24.8. The van der Waals surface area contributed by atoms with Gasteiger partial charge in [0.2, 0.25) is 11.7 Å². The Morgan fingerprint density at radius 1 is 1.10 bits per heavy atom. The summed E-state index contributed by atoms with van der Waals surface area (Å²) in [6.45, 7) is 5.01. The second kappa shape index (κ2) is 13.6. The van der Waals surface area contributed by atoms with Gasteiger partial charge in [-0.15, -0.1) is 5.10 Å². The first-order valence-electron chi connectivity index (χ1n) is 16.5. The second-order valence-corrected chi connectivity index (χ2v) is 12.9. The molecule has 1 saturated heterocycles. The largest absolute Gasteiger partial charge is 0.505 e. The number of alkyl halides is 3. The Kier molecular flexibility index (Phi) is 9.16. The fourth-order valence-electron chi connectivity index (χ4n) is 6.57. The van der Waals surface area contributed by atoms with Gasteiger partial charge < -0.3 is 29.5 Å². The topological polar surface area (TPSA) is 152 Å². The number of halogens is 4. The number of hydrogen-bond acceptors (Lipinski definition) is 9. The molecule has 0 bridgehead atoms. The number of carbonyl (C=O) groups excluding carboxylic acids is 2. The van der Waals surface area contributed by atoms with E-state index in [2.05, 4.69) is 20.5 Å². The zero-order chi connectivity index (χ0) is 36.9. The van der Waals surface area contributed by atoms with Crippen LogP contribution in [0.3, 0.4) is 0 Å². The molecule has 52 heavy (non-hydrogen) atoms. The van der Waals surface area contributed by atoms with E-state index >= 15 is 0 Å². The van der Waals surface area contributed by atoms with Crippen molar-refractivity contribution in [1.82, 2.24) is 33.7 Å². The van der Waals surface area contributed by atoms with E-state index in [1.807, 2.05) is 17.9 Å². The number of hydrogen-bond donors (Lipinski definition) is 2. The number of rotatable bonds is 7. The van der Waals surface area contributed by atoms with Crippen LogP contribution in [0.5, 0.6) is 5.75 Å². The predicted octanol–water partition coefficient (Wildman–Crippen LogP) is 4.19. The van der Waals surface area contributed by atoms with E-state index < -0.39 is 23.2 Å². The number of amides is 2. The monoisotopic (exact) mass is 739 g/mol. The molecule has 2 aliphatic heterocycles. The van der Waals surface area contributed by atoms with Gasteiger partial charge in [-0.25, -0.2) is 4.52 Å². The molecule has 5 aromatic rings. The van der Waals surface area contributed by atoms with Crippen molar-refractivity contribution in [3.8, 4) is 5.75 Å². The molecule has 18 heteroatoms. The molecule has 14 nitrogen and oxygen atoms in total. The van der Waals surface area contributed by atoms with Crippen molar-refractivity contribution in [3.63, 3.8) is 0 Å². The van der Waals surface area contributed by atoms with Gasteiger partial charge in [0.05, 0.1) is 46.4 Å². The Balaban J connectivity index is 1.21. The van der Waals surface area contributed by atoms with Gasteiger partial charge in [0, 0.05) is 32.4 Å². The number of benzene rings is 1. The minimum Gasteiger partial charge on any atom is -0.505 e. The lowest BCUT2D eigenvalue weighted by atomic mass is 10.1. The quantitative estimate of drug-likeness (QED) is 0.250. The predicted molar refractivity (Wildman–Crippen MR) is 185 cm³/mol. The summed E-state index contributed by atoms with van der Waals surface area (Å²) in [6, 6.07) is 5.84. The van der Waals surface area contributed by atoms with Crippen LogP contribution in [0.1, 0.15) is 46.5 Å². The van der Waals surface area contributed by atoms with Crippen molar-refractivity contribution in [1.29, 1.82) is 0 Å². The van der Waals surface area contributed by atoms with Gasteiger partial charge in [0.25, 0.3) is 11.5 Å². The third-order valence-corrected chi connectivity index (χ3v) is 9.45. The Morgan fingerprint density at radius 2 is 1.87 bits per heavy atom. The van der Waals surface area contributed by atoms with E-state index in [-0.39, 0.29) is 72.1 Å². The van der Waals surface area contributed by atoms with Gasteiger partial charge in [-0.3, -0.25) is 14.4 Å². The molecule has 6 heterocycles. The van der Waals surface area contributed by atoms with Crippen LogP contribution in [0.4, 0.5) is 24.5 Å². The van der Waals surface area contributed by atoms with Crippen molar-refractivity contribution < 1.29 is 32.6 Å². The Labute approximate surface area is 298 Å². The van der Waals surface area contributed by atoms with Crippen molar-refractivity contribution in [2.75, 3.05) is 49.6 Å². The third-order valence-electron chi connectivity index (χ3n) is 9.13. The van der Waals surface area contributed by atoms with Gasteiger partial charge in [-0.2, -0.15) is 27.8 Å². The maximum absolute atomic E-state index is 14.2. The fraction of sp³-hybridized carbons (Fsp3) is 0.353. The maximum Gasteiger partial charge on any atom is 0.416 e. The average Bonchev–Trinajstić information content (AvgIpc) is 3.75. The lowest BCUT2D eigenvalue weighted by molar-refractivity contribution is -0.137. The number of carbonyl (C=O) groups is 2. The lowest BCUT2D eigenvalue weighted by Gasteiger charge is -2.37. The summed E-state index contributed by atoms with van der Waals surface area (Å²) in [5, 5.41) is 22.0. The van der Waals surface area contributed by atoms with E-state index in [0.717, 1.165) is 28.3 Å². The van der Waals surface area contributed by atoms with Crippen LogP contribution >= 0.6 is 11.6 Å².